The van der Waals surface area contributed by atoms with E-state index in [2.05, 4.69) is 130 Å². The zero-order chi connectivity index (χ0) is 57.8. The van der Waals surface area contributed by atoms with Crippen LogP contribution < -0.4 is 0 Å². The first-order chi connectivity index (χ1) is 39.5. The lowest BCUT2D eigenvalue weighted by Crippen LogP contribution is -2.30. The summed E-state index contributed by atoms with van der Waals surface area (Å²) in [5.74, 6) is -0.883. The van der Waals surface area contributed by atoms with E-state index in [0.29, 0.717) is 19.3 Å². The molecule has 1 atom stereocenters. The molecule has 0 N–H and O–H groups in total. The third-order valence-corrected chi connectivity index (χ3v) is 14.5. The van der Waals surface area contributed by atoms with E-state index in [9.17, 15) is 14.4 Å². The SMILES string of the molecule is CC/C=C\C/C=C\C/C=C\C/C=C\C/C=C\C/C=C\C/C=C\CCCCCCCCCCCCCCCC(=O)OCC(COC(=O)CCCCCCC/C=C\C/C=C\CCC)OC(=O)CCCCCCCCCCCCCCCC. The summed E-state index contributed by atoms with van der Waals surface area (Å²) in [5.41, 5.74) is 0. The smallest absolute Gasteiger partial charge is 0.306 e. The Balaban J connectivity index is 4.16. The quantitative estimate of drug-likeness (QED) is 0.0261. The Bertz CT molecular complexity index is 1610. The van der Waals surface area contributed by atoms with Gasteiger partial charge in [-0.1, -0.05) is 310 Å². The molecule has 80 heavy (non-hydrogen) atoms. The number of esters is 3. The topological polar surface area (TPSA) is 78.9 Å². The predicted molar refractivity (Wildman–Crippen MR) is 348 cm³/mol. The molecule has 0 fully saturated rings. The Kier molecular flexibility index (Phi) is 64.3. The second-order valence-corrected chi connectivity index (χ2v) is 22.4. The maximum atomic E-state index is 12.9. The van der Waals surface area contributed by atoms with Crippen molar-refractivity contribution < 1.29 is 28.6 Å². The summed E-state index contributed by atoms with van der Waals surface area (Å²) >= 11 is 0. The van der Waals surface area contributed by atoms with Crippen LogP contribution in [0.4, 0.5) is 0 Å². The molecule has 0 saturated heterocycles. The largest absolute Gasteiger partial charge is 0.462 e. The van der Waals surface area contributed by atoms with Gasteiger partial charge in [-0.05, 0) is 103 Å². The van der Waals surface area contributed by atoms with Gasteiger partial charge in [0.25, 0.3) is 0 Å². The molecule has 0 aliphatic carbocycles. The van der Waals surface area contributed by atoms with Crippen LogP contribution in [-0.4, -0.2) is 37.2 Å². The molecule has 6 heteroatoms. The van der Waals surface area contributed by atoms with E-state index in [1.54, 1.807) is 0 Å². The van der Waals surface area contributed by atoms with E-state index in [4.69, 9.17) is 14.2 Å². The molecule has 0 aliphatic rings. The average molecular weight is 1110 g/mol. The molecule has 0 heterocycles. The average Bonchev–Trinajstić information content (AvgIpc) is 3.46. The van der Waals surface area contributed by atoms with Crippen molar-refractivity contribution in [2.24, 2.45) is 0 Å². The number of rotatable bonds is 61. The van der Waals surface area contributed by atoms with Crippen LogP contribution in [0.2, 0.25) is 0 Å². The molecule has 0 spiro atoms. The molecule has 0 aliphatic heterocycles. The van der Waals surface area contributed by atoms with Crippen LogP contribution in [0.5, 0.6) is 0 Å². The summed E-state index contributed by atoms with van der Waals surface area (Å²) in [7, 11) is 0. The first kappa shape index (κ1) is 76.1. The standard InChI is InChI=1S/C74H126O6/c1-4-7-10-13-16-19-22-25-27-28-29-30-31-32-33-34-35-36-37-38-39-40-41-42-43-44-45-46-47-50-52-55-58-61-64-67-73(76)79-70-71(69-78-72(75)66-63-60-57-54-51-48-24-21-18-15-12-9-6-3)80-74(77)68-65-62-59-56-53-49-26-23-20-17-14-11-8-5-2/h7,10,12,15-16,19,21,24-25,27,29-30,32-33,35-36,38-39,71H,4-6,8-9,11,13-14,17-18,20,22-23,26,28,31,34,37,40-70H2,1-3H3/b10-7-,15-12-,19-16-,24-21-,27-25-,30-29-,33-32-,36-35-,39-38-. The fourth-order valence-electron chi connectivity index (χ4n) is 9.46. The zero-order valence-electron chi connectivity index (χ0n) is 52.6. The second-order valence-electron chi connectivity index (χ2n) is 22.4. The maximum Gasteiger partial charge on any atom is 0.306 e. The van der Waals surface area contributed by atoms with E-state index in [-0.39, 0.29) is 31.1 Å². The zero-order valence-corrected chi connectivity index (χ0v) is 52.6. The lowest BCUT2D eigenvalue weighted by molar-refractivity contribution is -0.167. The van der Waals surface area contributed by atoms with Crippen molar-refractivity contribution >= 4 is 17.9 Å². The Hall–Kier alpha value is -3.93. The van der Waals surface area contributed by atoms with Crippen molar-refractivity contribution in [1.82, 2.24) is 0 Å². The summed E-state index contributed by atoms with van der Waals surface area (Å²) in [6.45, 7) is 6.47. The first-order valence-corrected chi connectivity index (χ1v) is 33.9. The van der Waals surface area contributed by atoms with Gasteiger partial charge in [0.2, 0.25) is 0 Å². The molecule has 0 bridgehead atoms. The van der Waals surface area contributed by atoms with Gasteiger partial charge in [-0.3, -0.25) is 14.4 Å². The first-order valence-electron chi connectivity index (χ1n) is 33.9. The van der Waals surface area contributed by atoms with Gasteiger partial charge in [-0.25, -0.2) is 0 Å². The highest BCUT2D eigenvalue weighted by Gasteiger charge is 2.19. The van der Waals surface area contributed by atoms with E-state index < -0.39 is 6.10 Å². The summed E-state index contributed by atoms with van der Waals surface area (Å²) in [6, 6.07) is 0. The van der Waals surface area contributed by atoms with Crippen molar-refractivity contribution in [1.29, 1.82) is 0 Å². The molecule has 1 unspecified atom stereocenters. The van der Waals surface area contributed by atoms with Crippen molar-refractivity contribution in [2.45, 2.75) is 329 Å². The molecule has 0 aromatic rings. The number of carbonyl (C=O) groups is 3. The monoisotopic (exact) mass is 1110 g/mol. The number of allylic oxidation sites excluding steroid dienone is 18. The van der Waals surface area contributed by atoms with Gasteiger partial charge in [-0.2, -0.15) is 0 Å². The van der Waals surface area contributed by atoms with Crippen LogP contribution in [0, 0.1) is 0 Å². The summed E-state index contributed by atoms with van der Waals surface area (Å²) < 4.78 is 16.9. The molecular formula is C74H126O6. The predicted octanol–water partition coefficient (Wildman–Crippen LogP) is 23.4. The lowest BCUT2D eigenvalue weighted by Gasteiger charge is -2.18. The third-order valence-electron chi connectivity index (χ3n) is 14.5. The third kappa shape index (κ3) is 64.9. The van der Waals surface area contributed by atoms with Gasteiger partial charge < -0.3 is 14.2 Å². The van der Waals surface area contributed by atoms with Gasteiger partial charge in [0, 0.05) is 19.3 Å². The van der Waals surface area contributed by atoms with Crippen molar-refractivity contribution in [3.05, 3.63) is 109 Å². The van der Waals surface area contributed by atoms with Gasteiger partial charge in [0.1, 0.15) is 13.2 Å². The minimum Gasteiger partial charge on any atom is -0.462 e. The van der Waals surface area contributed by atoms with Crippen molar-refractivity contribution in [3.63, 3.8) is 0 Å². The minimum absolute atomic E-state index is 0.0796. The van der Waals surface area contributed by atoms with Crippen LogP contribution >= 0.6 is 0 Å². The summed E-state index contributed by atoms with van der Waals surface area (Å²) in [4.78, 5) is 38.3. The molecule has 0 saturated carbocycles. The molecule has 0 aromatic heterocycles. The van der Waals surface area contributed by atoms with Crippen LogP contribution in [0.3, 0.4) is 0 Å². The fraction of sp³-hybridized carbons (Fsp3) is 0.716. The highest BCUT2D eigenvalue weighted by molar-refractivity contribution is 5.71. The molecule has 0 aromatic carbocycles. The molecule has 0 radical (unpaired) electrons. The number of unbranched alkanes of at least 4 members (excludes halogenated alkanes) is 32. The highest BCUT2D eigenvalue weighted by Crippen LogP contribution is 2.17. The molecular weight excluding hydrogens is 985 g/mol. The lowest BCUT2D eigenvalue weighted by atomic mass is 10.0. The number of hydrogen-bond acceptors (Lipinski definition) is 6. The summed E-state index contributed by atoms with van der Waals surface area (Å²) in [6.07, 6.45) is 92.6. The Morgan fingerprint density at radius 1 is 0.263 bits per heavy atom. The van der Waals surface area contributed by atoms with Crippen LogP contribution in [-0.2, 0) is 28.6 Å². The van der Waals surface area contributed by atoms with E-state index in [1.807, 2.05) is 0 Å². The van der Waals surface area contributed by atoms with Gasteiger partial charge >= 0.3 is 17.9 Å². The van der Waals surface area contributed by atoms with Crippen LogP contribution in [0.25, 0.3) is 0 Å². The van der Waals surface area contributed by atoms with Crippen molar-refractivity contribution in [2.75, 3.05) is 13.2 Å². The number of carbonyl (C=O) groups excluding carboxylic acids is 3. The Labute approximate surface area is 495 Å². The summed E-state index contributed by atoms with van der Waals surface area (Å²) in [5, 5.41) is 0. The van der Waals surface area contributed by atoms with E-state index in [1.165, 1.54) is 154 Å². The van der Waals surface area contributed by atoms with E-state index >= 15 is 0 Å². The van der Waals surface area contributed by atoms with Gasteiger partial charge in [-0.15, -0.1) is 0 Å². The number of hydrogen-bond donors (Lipinski definition) is 0. The van der Waals surface area contributed by atoms with E-state index in [0.717, 1.165) is 128 Å². The Morgan fingerprint density at radius 3 is 0.812 bits per heavy atom. The molecule has 458 valence electrons. The van der Waals surface area contributed by atoms with Gasteiger partial charge in [0.15, 0.2) is 6.10 Å². The molecule has 0 amide bonds. The molecule has 6 nitrogen and oxygen atoms in total. The Morgan fingerprint density at radius 2 is 0.512 bits per heavy atom. The minimum atomic E-state index is -0.782. The number of ether oxygens (including phenoxy) is 3. The molecule has 0 rings (SSSR count). The highest BCUT2D eigenvalue weighted by atomic mass is 16.6. The van der Waals surface area contributed by atoms with Gasteiger partial charge in [0.05, 0.1) is 0 Å². The fourth-order valence-corrected chi connectivity index (χ4v) is 9.46. The van der Waals surface area contributed by atoms with Crippen LogP contribution in [0.1, 0.15) is 323 Å². The second kappa shape index (κ2) is 67.6. The van der Waals surface area contributed by atoms with Crippen LogP contribution in [0.15, 0.2) is 109 Å². The normalized spacial score (nSPS) is 12.8. The van der Waals surface area contributed by atoms with Crippen molar-refractivity contribution in [3.8, 4) is 0 Å². The maximum absolute atomic E-state index is 12.9.